The number of anilines is 1. The van der Waals surface area contributed by atoms with Crippen LogP contribution < -0.4 is 5.73 Å². The number of nitrogens with two attached hydrogens (primary N) is 1. The van der Waals surface area contributed by atoms with Gasteiger partial charge in [0.2, 0.25) is 0 Å². The van der Waals surface area contributed by atoms with Gasteiger partial charge in [0.05, 0.1) is 0 Å². The smallest absolute Gasteiger partial charge is 0.152 e. The summed E-state index contributed by atoms with van der Waals surface area (Å²) in [6.45, 7) is 2.03. The van der Waals surface area contributed by atoms with Crippen molar-refractivity contribution in [3.05, 3.63) is 53.6 Å². The van der Waals surface area contributed by atoms with Crippen molar-refractivity contribution in [3.8, 4) is 11.1 Å². The monoisotopic (exact) mass is 211 g/mol. The van der Waals surface area contributed by atoms with Crippen molar-refractivity contribution in [3.63, 3.8) is 0 Å². The maximum absolute atomic E-state index is 10.8. The molecule has 0 atom stereocenters. The third-order valence-electron chi connectivity index (χ3n) is 2.70. The van der Waals surface area contributed by atoms with Gasteiger partial charge in [0.25, 0.3) is 0 Å². The molecule has 0 bridgehead atoms. The molecule has 0 aromatic heterocycles. The number of carbonyl (C=O) groups excluding carboxylic acids is 1. The molecule has 0 aliphatic carbocycles. The zero-order chi connectivity index (χ0) is 11.5. The van der Waals surface area contributed by atoms with E-state index in [-0.39, 0.29) is 0 Å². The Morgan fingerprint density at radius 1 is 1.00 bits per heavy atom. The predicted octanol–water partition coefficient (Wildman–Crippen LogP) is 3.06. The van der Waals surface area contributed by atoms with E-state index in [0.29, 0.717) is 11.3 Å². The number of hydrogen-bond acceptors (Lipinski definition) is 2. The van der Waals surface area contributed by atoms with Crippen molar-refractivity contribution in [2.45, 2.75) is 6.92 Å². The van der Waals surface area contributed by atoms with Gasteiger partial charge in [-0.25, -0.2) is 0 Å². The van der Waals surface area contributed by atoms with Gasteiger partial charge in [-0.3, -0.25) is 4.79 Å². The Hall–Kier alpha value is -2.09. The molecule has 0 spiro atoms. The summed E-state index contributed by atoms with van der Waals surface area (Å²) in [5, 5.41) is 0. The first-order valence-corrected chi connectivity index (χ1v) is 5.13. The second-order valence-electron chi connectivity index (χ2n) is 3.74. The maximum Gasteiger partial charge on any atom is 0.152 e. The average molecular weight is 211 g/mol. The van der Waals surface area contributed by atoms with Crippen LogP contribution in [-0.4, -0.2) is 6.29 Å². The number of aryl methyl sites for hydroxylation is 1. The SMILES string of the molecule is Cc1ccccc1-c1cccc(C=O)c1N. The molecule has 0 heterocycles. The molecule has 2 aromatic rings. The van der Waals surface area contributed by atoms with Gasteiger partial charge in [-0.05, 0) is 24.1 Å². The van der Waals surface area contributed by atoms with E-state index in [1.165, 1.54) is 0 Å². The lowest BCUT2D eigenvalue weighted by Crippen LogP contribution is -1.96. The fourth-order valence-corrected chi connectivity index (χ4v) is 1.80. The molecule has 2 heteroatoms. The average Bonchev–Trinajstić information content (AvgIpc) is 2.31. The van der Waals surface area contributed by atoms with Crippen molar-refractivity contribution in [2.75, 3.05) is 5.73 Å². The van der Waals surface area contributed by atoms with Gasteiger partial charge in [0.15, 0.2) is 6.29 Å². The molecule has 0 radical (unpaired) electrons. The van der Waals surface area contributed by atoms with Crippen LogP contribution in [-0.2, 0) is 0 Å². The third kappa shape index (κ3) is 1.70. The Kier molecular flexibility index (Phi) is 2.73. The summed E-state index contributed by atoms with van der Waals surface area (Å²) in [6.07, 6.45) is 0.789. The Bertz CT molecular complexity index is 532. The van der Waals surface area contributed by atoms with Gasteiger partial charge in [-0.2, -0.15) is 0 Å². The minimum atomic E-state index is 0.542. The molecule has 16 heavy (non-hydrogen) atoms. The highest BCUT2D eigenvalue weighted by atomic mass is 16.1. The summed E-state index contributed by atoms with van der Waals surface area (Å²) < 4.78 is 0. The Labute approximate surface area is 94.7 Å². The number of carbonyl (C=O) groups is 1. The van der Waals surface area contributed by atoms with E-state index in [0.717, 1.165) is 23.0 Å². The zero-order valence-electron chi connectivity index (χ0n) is 9.10. The number of benzene rings is 2. The van der Waals surface area contributed by atoms with Crippen LogP contribution in [0.5, 0.6) is 0 Å². The first kappa shape index (κ1) is 10.4. The fraction of sp³-hybridized carbons (Fsp3) is 0.0714. The van der Waals surface area contributed by atoms with Crippen LogP contribution in [0.2, 0.25) is 0 Å². The van der Waals surface area contributed by atoms with E-state index in [1.807, 2.05) is 43.3 Å². The van der Waals surface area contributed by atoms with Crippen LogP contribution in [0.25, 0.3) is 11.1 Å². The maximum atomic E-state index is 10.8. The molecular weight excluding hydrogens is 198 g/mol. The van der Waals surface area contributed by atoms with Crippen LogP contribution in [0, 0.1) is 6.92 Å². The number of hydrogen-bond donors (Lipinski definition) is 1. The first-order valence-electron chi connectivity index (χ1n) is 5.13. The lowest BCUT2D eigenvalue weighted by atomic mass is 9.97. The summed E-state index contributed by atoms with van der Waals surface area (Å²) in [5.41, 5.74) is 10.2. The molecule has 0 aliphatic rings. The molecule has 0 saturated heterocycles. The van der Waals surface area contributed by atoms with Gasteiger partial charge in [0.1, 0.15) is 0 Å². The van der Waals surface area contributed by atoms with E-state index in [1.54, 1.807) is 6.07 Å². The predicted molar refractivity (Wildman–Crippen MR) is 66.4 cm³/mol. The number of nitrogen functional groups attached to an aromatic ring is 1. The number of para-hydroxylation sites is 1. The lowest BCUT2D eigenvalue weighted by molar-refractivity contribution is 0.112. The highest BCUT2D eigenvalue weighted by Gasteiger charge is 2.07. The van der Waals surface area contributed by atoms with E-state index < -0.39 is 0 Å². The van der Waals surface area contributed by atoms with Crippen molar-refractivity contribution >= 4 is 12.0 Å². The van der Waals surface area contributed by atoms with Crippen LogP contribution in [0.1, 0.15) is 15.9 Å². The minimum absolute atomic E-state index is 0.542. The highest BCUT2D eigenvalue weighted by Crippen LogP contribution is 2.29. The molecule has 80 valence electrons. The molecule has 0 aliphatic heterocycles. The molecule has 2 aromatic carbocycles. The van der Waals surface area contributed by atoms with E-state index in [9.17, 15) is 4.79 Å². The zero-order valence-corrected chi connectivity index (χ0v) is 9.10. The normalized spacial score (nSPS) is 10.1. The lowest BCUT2D eigenvalue weighted by Gasteiger charge is -2.10. The summed E-state index contributed by atoms with van der Waals surface area (Å²) >= 11 is 0. The van der Waals surface area contributed by atoms with Crippen molar-refractivity contribution < 1.29 is 4.79 Å². The van der Waals surface area contributed by atoms with Crippen molar-refractivity contribution in [2.24, 2.45) is 0 Å². The van der Waals surface area contributed by atoms with Gasteiger partial charge in [-0.15, -0.1) is 0 Å². The second-order valence-corrected chi connectivity index (χ2v) is 3.74. The van der Waals surface area contributed by atoms with Gasteiger partial charge in [0, 0.05) is 16.8 Å². The molecule has 0 fully saturated rings. The summed E-state index contributed by atoms with van der Waals surface area (Å²) in [7, 11) is 0. The Morgan fingerprint density at radius 3 is 2.38 bits per heavy atom. The molecule has 0 amide bonds. The Balaban J connectivity index is 2.65. The molecule has 2 rings (SSSR count). The molecule has 0 saturated carbocycles. The third-order valence-corrected chi connectivity index (χ3v) is 2.70. The summed E-state index contributed by atoms with van der Waals surface area (Å²) in [6, 6.07) is 13.5. The molecule has 0 unspecified atom stereocenters. The Morgan fingerprint density at radius 2 is 1.69 bits per heavy atom. The highest BCUT2D eigenvalue weighted by molar-refractivity contribution is 5.91. The van der Waals surface area contributed by atoms with Crippen LogP contribution >= 0.6 is 0 Å². The fourth-order valence-electron chi connectivity index (χ4n) is 1.80. The number of rotatable bonds is 2. The standard InChI is InChI=1S/C14H13NO/c1-10-5-2-3-7-12(10)13-8-4-6-11(9-16)14(13)15/h2-9H,15H2,1H3. The molecule has 2 N–H and O–H groups in total. The molecular formula is C14H13NO. The van der Waals surface area contributed by atoms with E-state index in [4.69, 9.17) is 5.73 Å². The van der Waals surface area contributed by atoms with E-state index in [2.05, 4.69) is 0 Å². The van der Waals surface area contributed by atoms with Crippen LogP contribution in [0.4, 0.5) is 5.69 Å². The van der Waals surface area contributed by atoms with Crippen LogP contribution in [0.15, 0.2) is 42.5 Å². The molecule has 2 nitrogen and oxygen atoms in total. The summed E-state index contributed by atoms with van der Waals surface area (Å²) in [5.74, 6) is 0. The van der Waals surface area contributed by atoms with Gasteiger partial charge < -0.3 is 5.73 Å². The van der Waals surface area contributed by atoms with Crippen molar-refractivity contribution in [1.82, 2.24) is 0 Å². The quantitative estimate of drug-likeness (QED) is 0.612. The van der Waals surface area contributed by atoms with Gasteiger partial charge in [-0.1, -0.05) is 36.4 Å². The van der Waals surface area contributed by atoms with Crippen molar-refractivity contribution in [1.29, 1.82) is 0 Å². The van der Waals surface area contributed by atoms with Gasteiger partial charge >= 0.3 is 0 Å². The largest absolute Gasteiger partial charge is 0.398 e. The second kappa shape index (κ2) is 4.19. The topological polar surface area (TPSA) is 43.1 Å². The number of aldehydes is 1. The summed E-state index contributed by atoms with van der Waals surface area (Å²) in [4.78, 5) is 10.8. The van der Waals surface area contributed by atoms with E-state index >= 15 is 0 Å². The minimum Gasteiger partial charge on any atom is -0.398 e. The van der Waals surface area contributed by atoms with Crippen LogP contribution in [0.3, 0.4) is 0 Å². The first-order chi connectivity index (χ1) is 7.74.